The van der Waals surface area contributed by atoms with E-state index < -0.39 is 0 Å². The highest BCUT2D eigenvalue weighted by atomic mass is 32.2. The number of carbonyl (C=O) groups is 1. The standard InChI is InChI=1S/C20H34N6OS2/c1-4-21-19(22-13-17-14-29-20(24-17)25(2)3)23-16-7-5-15(6-8-16)18(27)26-9-11-28-12-10-26/h14-16H,4-13H2,1-3H3,(H2,21,22,23). The van der Waals surface area contributed by atoms with Crippen LogP contribution in [0.3, 0.4) is 0 Å². The second-order valence-electron chi connectivity index (χ2n) is 7.84. The van der Waals surface area contributed by atoms with Crippen molar-refractivity contribution in [3.8, 4) is 0 Å². The first-order chi connectivity index (χ1) is 14.1. The van der Waals surface area contributed by atoms with E-state index in [0.29, 0.717) is 18.5 Å². The van der Waals surface area contributed by atoms with Gasteiger partial charge in [0, 0.05) is 62.6 Å². The largest absolute Gasteiger partial charge is 0.357 e. The molecule has 29 heavy (non-hydrogen) atoms. The quantitative estimate of drug-likeness (QED) is 0.525. The van der Waals surface area contributed by atoms with E-state index in [4.69, 9.17) is 4.99 Å². The molecule has 3 rings (SSSR count). The predicted molar refractivity (Wildman–Crippen MR) is 124 cm³/mol. The van der Waals surface area contributed by atoms with Crippen molar-refractivity contribution in [3.63, 3.8) is 0 Å². The Hall–Kier alpha value is -1.48. The number of thioether (sulfide) groups is 1. The van der Waals surface area contributed by atoms with E-state index in [1.165, 1.54) is 0 Å². The summed E-state index contributed by atoms with van der Waals surface area (Å²) >= 11 is 3.59. The Bertz CT molecular complexity index is 678. The number of aliphatic imine (C=N–C) groups is 1. The van der Waals surface area contributed by atoms with Gasteiger partial charge in [-0.05, 0) is 32.6 Å². The summed E-state index contributed by atoms with van der Waals surface area (Å²) in [4.78, 5) is 26.2. The molecule has 1 aliphatic heterocycles. The van der Waals surface area contributed by atoms with Crippen molar-refractivity contribution in [2.45, 2.75) is 45.2 Å². The van der Waals surface area contributed by atoms with Crippen LogP contribution in [0.15, 0.2) is 10.4 Å². The third-order valence-corrected chi connectivity index (χ3v) is 7.41. The average Bonchev–Trinajstić information content (AvgIpc) is 3.22. The summed E-state index contributed by atoms with van der Waals surface area (Å²) in [6.07, 6.45) is 3.98. The van der Waals surface area contributed by atoms with E-state index in [-0.39, 0.29) is 5.92 Å². The molecule has 0 radical (unpaired) electrons. The number of hydrogen-bond acceptors (Lipinski definition) is 6. The van der Waals surface area contributed by atoms with E-state index in [9.17, 15) is 4.79 Å². The third kappa shape index (κ3) is 6.50. The number of nitrogens with zero attached hydrogens (tertiary/aromatic N) is 4. The van der Waals surface area contributed by atoms with Gasteiger partial charge in [0.15, 0.2) is 11.1 Å². The zero-order valence-corrected chi connectivity index (χ0v) is 19.4. The normalized spacial score (nSPS) is 23.0. The van der Waals surface area contributed by atoms with Crippen molar-refractivity contribution in [2.75, 3.05) is 50.1 Å². The van der Waals surface area contributed by atoms with Crippen molar-refractivity contribution in [3.05, 3.63) is 11.1 Å². The molecule has 1 saturated carbocycles. The molecule has 162 valence electrons. The molecule has 1 amide bonds. The lowest BCUT2D eigenvalue weighted by molar-refractivity contribution is -0.136. The van der Waals surface area contributed by atoms with Gasteiger partial charge in [-0.25, -0.2) is 9.98 Å². The molecule has 0 atom stereocenters. The molecule has 9 heteroatoms. The van der Waals surface area contributed by atoms with Gasteiger partial charge in [0.25, 0.3) is 0 Å². The summed E-state index contributed by atoms with van der Waals surface area (Å²) in [5.74, 6) is 3.59. The Morgan fingerprint density at radius 2 is 2.00 bits per heavy atom. The fourth-order valence-electron chi connectivity index (χ4n) is 3.77. The lowest BCUT2D eigenvalue weighted by Crippen LogP contribution is -2.47. The van der Waals surface area contributed by atoms with E-state index in [1.807, 2.05) is 30.8 Å². The van der Waals surface area contributed by atoms with Crippen molar-refractivity contribution < 1.29 is 4.79 Å². The number of thiazole rings is 1. The number of anilines is 1. The Balaban J connectivity index is 1.48. The number of guanidine groups is 1. The molecule has 1 aliphatic carbocycles. The van der Waals surface area contributed by atoms with Gasteiger partial charge in [0.05, 0.1) is 12.2 Å². The number of hydrogen-bond donors (Lipinski definition) is 2. The maximum Gasteiger partial charge on any atom is 0.225 e. The summed E-state index contributed by atoms with van der Waals surface area (Å²) in [6, 6.07) is 0.376. The molecule has 0 aromatic carbocycles. The first-order valence-corrected chi connectivity index (χ1v) is 12.6. The van der Waals surface area contributed by atoms with Gasteiger partial charge in [-0.15, -0.1) is 11.3 Å². The fourth-order valence-corrected chi connectivity index (χ4v) is 5.43. The van der Waals surface area contributed by atoms with Crippen molar-refractivity contribution in [2.24, 2.45) is 10.9 Å². The minimum atomic E-state index is 0.204. The van der Waals surface area contributed by atoms with Gasteiger partial charge in [0.1, 0.15) is 0 Å². The van der Waals surface area contributed by atoms with Crippen LogP contribution in [0, 0.1) is 5.92 Å². The lowest BCUT2D eigenvalue weighted by atomic mass is 9.85. The maximum absolute atomic E-state index is 12.7. The summed E-state index contributed by atoms with van der Waals surface area (Å²) in [5, 5.41) is 9.98. The van der Waals surface area contributed by atoms with E-state index in [0.717, 1.165) is 73.6 Å². The molecule has 1 saturated heterocycles. The van der Waals surface area contributed by atoms with Crippen LogP contribution >= 0.6 is 23.1 Å². The first kappa shape index (κ1) is 22.2. The second kappa shape index (κ2) is 11.1. The molecule has 2 aliphatic rings. The highest BCUT2D eigenvalue weighted by molar-refractivity contribution is 7.99. The summed E-state index contributed by atoms with van der Waals surface area (Å²) in [7, 11) is 4.01. The van der Waals surface area contributed by atoms with Crippen molar-refractivity contribution in [1.29, 1.82) is 0 Å². The zero-order valence-electron chi connectivity index (χ0n) is 17.8. The molecule has 0 spiro atoms. The Labute approximate surface area is 182 Å². The lowest BCUT2D eigenvalue weighted by Gasteiger charge is -2.34. The SMILES string of the molecule is CCNC(=NCc1csc(N(C)C)n1)NC1CCC(C(=O)N2CCSCC2)CC1. The van der Waals surface area contributed by atoms with Crippen LogP contribution in [0.25, 0.3) is 0 Å². The van der Waals surface area contributed by atoms with Crippen LogP contribution in [-0.2, 0) is 11.3 Å². The van der Waals surface area contributed by atoms with Gasteiger partial charge in [-0.1, -0.05) is 0 Å². The van der Waals surface area contributed by atoms with Crippen LogP contribution in [0.5, 0.6) is 0 Å². The van der Waals surface area contributed by atoms with E-state index >= 15 is 0 Å². The smallest absolute Gasteiger partial charge is 0.225 e. The van der Waals surface area contributed by atoms with Gasteiger partial charge in [-0.2, -0.15) is 11.8 Å². The fraction of sp³-hybridized carbons (Fsp3) is 0.750. The Kier molecular flexibility index (Phi) is 8.47. The molecule has 7 nitrogen and oxygen atoms in total. The monoisotopic (exact) mass is 438 g/mol. The van der Waals surface area contributed by atoms with E-state index in [2.05, 4.69) is 32.8 Å². The first-order valence-electron chi connectivity index (χ1n) is 10.6. The number of carbonyl (C=O) groups excluding carboxylic acids is 1. The van der Waals surface area contributed by atoms with Crippen LogP contribution in [0.2, 0.25) is 0 Å². The molecule has 1 aromatic heterocycles. The molecule has 0 unspecified atom stereocenters. The topological polar surface area (TPSA) is 72.9 Å². The van der Waals surface area contributed by atoms with Crippen molar-refractivity contribution in [1.82, 2.24) is 20.5 Å². The minimum absolute atomic E-state index is 0.204. The van der Waals surface area contributed by atoms with Gasteiger partial charge < -0.3 is 20.4 Å². The minimum Gasteiger partial charge on any atom is -0.357 e. The molecule has 2 N–H and O–H groups in total. The Morgan fingerprint density at radius 3 is 2.62 bits per heavy atom. The van der Waals surface area contributed by atoms with E-state index in [1.54, 1.807) is 11.3 Å². The average molecular weight is 439 g/mol. The molecule has 1 aromatic rings. The Morgan fingerprint density at radius 1 is 1.28 bits per heavy atom. The highest BCUT2D eigenvalue weighted by Gasteiger charge is 2.30. The number of aromatic nitrogens is 1. The number of amides is 1. The molecule has 2 fully saturated rings. The van der Waals surface area contributed by atoms with Gasteiger partial charge in [-0.3, -0.25) is 4.79 Å². The third-order valence-electron chi connectivity index (χ3n) is 5.41. The molecular weight excluding hydrogens is 404 g/mol. The van der Waals surface area contributed by atoms with Gasteiger partial charge in [0.2, 0.25) is 5.91 Å². The van der Waals surface area contributed by atoms with Crippen molar-refractivity contribution >= 4 is 40.1 Å². The summed E-state index contributed by atoms with van der Waals surface area (Å²) in [5.41, 5.74) is 0.991. The van der Waals surface area contributed by atoms with Crippen LogP contribution in [0.4, 0.5) is 5.13 Å². The number of rotatable bonds is 6. The highest BCUT2D eigenvalue weighted by Crippen LogP contribution is 2.27. The molecule has 0 bridgehead atoms. The zero-order chi connectivity index (χ0) is 20.6. The second-order valence-corrected chi connectivity index (χ2v) is 9.90. The molecule has 2 heterocycles. The predicted octanol–water partition coefficient (Wildman–Crippen LogP) is 2.40. The summed E-state index contributed by atoms with van der Waals surface area (Å²) < 4.78 is 0. The number of nitrogens with one attached hydrogen (secondary N) is 2. The molecular formula is C20H34N6OS2. The van der Waals surface area contributed by atoms with Gasteiger partial charge >= 0.3 is 0 Å². The van der Waals surface area contributed by atoms with Crippen LogP contribution < -0.4 is 15.5 Å². The van der Waals surface area contributed by atoms with Crippen LogP contribution in [-0.4, -0.2) is 73.0 Å². The maximum atomic E-state index is 12.7. The van der Waals surface area contributed by atoms with Crippen LogP contribution in [0.1, 0.15) is 38.3 Å². The summed E-state index contributed by atoms with van der Waals surface area (Å²) in [6.45, 7) is 5.32.